The number of hydrogen-bond acceptors (Lipinski definition) is 4. The zero-order chi connectivity index (χ0) is 33.1. The maximum Gasteiger partial charge on any atom is 0.261 e. The predicted molar refractivity (Wildman–Crippen MR) is 193 cm³/mol. The van der Waals surface area contributed by atoms with Crippen molar-refractivity contribution in [2.75, 3.05) is 6.61 Å². The van der Waals surface area contributed by atoms with Gasteiger partial charge in [0, 0.05) is 5.92 Å². The average molecular weight is 639 g/mol. The van der Waals surface area contributed by atoms with Gasteiger partial charge in [-0.2, -0.15) is 0 Å². The molecule has 0 saturated carbocycles. The Balaban J connectivity index is 1.54. The zero-order valence-electron chi connectivity index (χ0n) is 29.2. The average Bonchev–Trinajstić information content (AvgIpc) is 2.98. The number of fused-ring (bicyclic) bond motifs is 1. The lowest BCUT2D eigenvalue weighted by Crippen LogP contribution is -2.67. The molecule has 0 radical (unpaired) electrons. The second-order valence-electron chi connectivity index (χ2n) is 14.9. The summed E-state index contributed by atoms with van der Waals surface area (Å²) in [6, 6.07) is 21.6. The molecule has 0 bridgehead atoms. The summed E-state index contributed by atoms with van der Waals surface area (Å²) in [5.74, 6) is -0.991. The van der Waals surface area contributed by atoms with E-state index in [-0.39, 0.29) is 23.2 Å². The van der Waals surface area contributed by atoms with Gasteiger partial charge in [0.2, 0.25) is 5.79 Å². The Hall–Kier alpha value is -2.80. The molecule has 4 nitrogen and oxygen atoms in total. The fourth-order valence-corrected chi connectivity index (χ4v) is 12.0. The van der Waals surface area contributed by atoms with Crippen LogP contribution in [0.1, 0.15) is 81.1 Å². The Morgan fingerprint density at radius 2 is 1.59 bits per heavy atom. The molecule has 1 unspecified atom stereocenters. The highest BCUT2D eigenvalue weighted by molar-refractivity contribution is 6.99. The van der Waals surface area contributed by atoms with E-state index in [4.69, 9.17) is 13.9 Å². The number of rotatable bonds is 9. The molecule has 1 aliphatic carbocycles. The minimum Gasteiger partial charge on any atom is -0.403 e. The van der Waals surface area contributed by atoms with Gasteiger partial charge < -0.3 is 19.0 Å². The third kappa shape index (κ3) is 7.50. The largest absolute Gasteiger partial charge is 0.403 e. The molecule has 5 heteroatoms. The highest BCUT2D eigenvalue weighted by atomic mass is 28.4. The molecular formula is C41H54O4Si. The minimum absolute atomic E-state index is 0.00146. The van der Waals surface area contributed by atoms with Gasteiger partial charge in [0.1, 0.15) is 0 Å². The van der Waals surface area contributed by atoms with Crippen LogP contribution in [0.3, 0.4) is 0 Å². The molecule has 2 aromatic rings. The van der Waals surface area contributed by atoms with Crippen LogP contribution in [0.5, 0.6) is 0 Å². The molecule has 0 amide bonds. The number of ether oxygens (including phenoxy) is 2. The molecule has 0 saturated heterocycles. The summed E-state index contributed by atoms with van der Waals surface area (Å²) in [4.78, 5) is 0. The molecule has 46 heavy (non-hydrogen) atoms. The van der Waals surface area contributed by atoms with Crippen molar-refractivity contribution in [2.45, 2.75) is 110 Å². The summed E-state index contributed by atoms with van der Waals surface area (Å²) in [6.07, 6.45) is 13.7. The Morgan fingerprint density at radius 3 is 2.17 bits per heavy atom. The summed E-state index contributed by atoms with van der Waals surface area (Å²) < 4.78 is 21.2. The van der Waals surface area contributed by atoms with Crippen LogP contribution in [0, 0.1) is 5.92 Å². The maximum absolute atomic E-state index is 11.0. The molecule has 2 aliphatic heterocycles. The van der Waals surface area contributed by atoms with Crippen LogP contribution in [-0.2, 0) is 13.9 Å². The van der Waals surface area contributed by atoms with Crippen LogP contribution in [0.2, 0.25) is 5.04 Å². The summed E-state index contributed by atoms with van der Waals surface area (Å²) in [6.45, 7) is 18.1. The van der Waals surface area contributed by atoms with E-state index in [1.54, 1.807) is 0 Å². The summed E-state index contributed by atoms with van der Waals surface area (Å²) >= 11 is 0. The standard InChI is InChI=1S/C41H54O4Si/c1-29(2)16-15-17-30(3)22-34-23-31(4)26-41(44-34)27-33(37-25-38(42)32(5)24-39(37)45-41)28-43-46(40(6,7)8,35-18-11-9-12-19-35)36-20-13-10-14-21-36/h9-14,16,18-22,24,26-27,34,37-39,42H,15,17,23,25,28H2,1-8H3/b30-22+/t34-,37-,38?,39-,41+/m1/s1. The van der Waals surface area contributed by atoms with Crippen molar-refractivity contribution in [3.63, 3.8) is 0 Å². The van der Waals surface area contributed by atoms with Crippen molar-refractivity contribution in [3.05, 3.63) is 119 Å². The lowest BCUT2D eigenvalue weighted by Gasteiger charge is -2.48. The Morgan fingerprint density at radius 1 is 0.957 bits per heavy atom. The summed E-state index contributed by atoms with van der Waals surface area (Å²) in [7, 11) is -2.78. The van der Waals surface area contributed by atoms with Crippen molar-refractivity contribution in [1.82, 2.24) is 0 Å². The fraction of sp³-hybridized carbons (Fsp3) is 0.463. The number of aliphatic hydroxyl groups excluding tert-OH is 1. The highest BCUT2D eigenvalue weighted by Crippen LogP contribution is 2.45. The Bertz CT molecular complexity index is 1470. The first-order valence-corrected chi connectivity index (χ1v) is 18.9. The summed E-state index contributed by atoms with van der Waals surface area (Å²) in [5, 5.41) is 13.4. The fourth-order valence-electron chi connectivity index (χ4n) is 7.49. The first-order valence-electron chi connectivity index (χ1n) is 17.0. The molecule has 1 spiro atoms. The first-order chi connectivity index (χ1) is 21.8. The van der Waals surface area contributed by atoms with Crippen molar-refractivity contribution in [2.24, 2.45) is 5.92 Å². The van der Waals surface area contributed by atoms with Crippen LogP contribution in [0.25, 0.3) is 0 Å². The number of aliphatic hydroxyl groups is 1. The number of hydrogen-bond donors (Lipinski definition) is 1. The third-order valence-electron chi connectivity index (χ3n) is 9.75. The molecule has 5 atom stereocenters. The lowest BCUT2D eigenvalue weighted by atomic mass is 9.78. The molecule has 0 aromatic heterocycles. The van der Waals surface area contributed by atoms with Gasteiger partial charge in [0.25, 0.3) is 8.32 Å². The second kappa shape index (κ2) is 14.1. The molecule has 0 fully saturated rings. The van der Waals surface area contributed by atoms with E-state index < -0.39 is 20.2 Å². The lowest BCUT2D eigenvalue weighted by molar-refractivity contribution is -0.226. The van der Waals surface area contributed by atoms with Gasteiger partial charge in [-0.15, -0.1) is 0 Å². The predicted octanol–water partition coefficient (Wildman–Crippen LogP) is 8.34. The minimum atomic E-state index is -2.78. The van der Waals surface area contributed by atoms with Crippen molar-refractivity contribution >= 4 is 18.7 Å². The van der Waals surface area contributed by atoms with Crippen LogP contribution >= 0.6 is 0 Å². The third-order valence-corrected chi connectivity index (χ3v) is 14.7. The van der Waals surface area contributed by atoms with E-state index in [2.05, 4.69) is 140 Å². The quantitative estimate of drug-likeness (QED) is 0.222. The number of benzene rings is 2. The van der Waals surface area contributed by atoms with Gasteiger partial charge in [-0.3, -0.25) is 0 Å². The molecule has 2 aromatic carbocycles. The normalized spacial score (nSPS) is 27.0. The second-order valence-corrected chi connectivity index (χ2v) is 19.2. The summed E-state index contributed by atoms with van der Waals surface area (Å²) in [5.41, 5.74) is 6.03. The molecule has 246 valence electrons. The van der Waals surface area contributed by atoms with Crippen LogP contribution in [-0.4, -0.2) is 44.1 Å². The van der Waals surface area contributed by atoms with E-state index in [1.165, 1.54) is 27.1 Å². The van der Waals surface area contributed by atoms with Gasteiger partial charge in [-0.25, -0.2) is 0 Å². The topological polar surface area (TPSA) is 47.9 Å². The van der Waals surface area contributed by atoms with Crippen LogP contribution < -0.4 is 10.4 Å². The van der Waals surface area contributed by atoms with E-state index in [9.17, 15) is 5.11 Å². The van der Waals surface area contributed by atoms with E-state index in [1.807, 2.05) is 6.92 Å². The van der Waals surface area contributed by atoms with Gasteiger partial charge in [-0.1, -0.05) is 116 Å². The van der Waals surface area contributed by atoms with Crippen LogP contribution in [0.15, 0.2) is 119 Å². The molecule has 2 heterocycles. The van der Waals surface area contributed by atoms with E-state index >= 15 is 0 Å². The maximum atomic E-state index is 11.0. The van der Waals surface area contributed by atoms with Crippen molar-refractivity contribution in [3.8, 4) is 0 Å². The molecular weight excluding hydrogens is 585 g/mol. The van der Waals surface area contributed by atoms with Crippen LogP contribution in [0.4, 0.5) is 0 Å². The van der Waals surface area contributed by atoms with Gasteiger partial charge >= 0.3 is 0 Å². The smallest absolute Gasteiger partial charge is 0.261 e. The number of allylic oxidation sites excluding steroid dienone is 3. The first kappa shape index (κ1) is 34.5. The van der Waals surface area contributed by atoms with Crippen molar-refractivity contribution < 1.29 is 19.0 Å². The van der Waals surface area contributed by atoms with Gasteiger partial charge in [-0.05, 0) is 99.0 Å². The monoisotopic (exact) mass is 638 g/mol. The highest BCUT2D eigenvalue weighted by Gasteiger charge is 2.52. The molecule has 3 aliphatic rings. The zero-order valence-corrected chi connectivity index (χ0v) is 30.2. The van der Waals surface area contributed by atoms with Gasteiger partial charge in [0.05, 0.1) is 24.9 Å². The Labute approximate surface area is 278 Å². The van der Waals surface area contributed by atoms with Gasteiger partial charge in [0.15, 0.2) is 0 Å². The van der Waals surface area contributed by atoms with Crippen molar-refractivity contribution in [1.29, 1.82) is 0 Å². The Kier molecular flexibility index (Phi) is 10.6. The molecule has 5 rings (SSSR count). The van der Waals surface area contributed by atoms with E-state index in [0.717, 1.165) is 30.4 Å². The van der Waals surface area contributed by atoms with E-state index in [0.29, 0.717) is 13.0 Å². The SMILES string of the molecule is CC(C)=CCC/C(C)=C/[C@@H]1CC(C)=C[C@]2(C=C(CO[Si](c3ccccc3)(c3ccccc3)C(C)(C)C)[C@H]3CC(O)C(C)=C[C@H]3O2)O1. The molecule has 1 N–H and O–H groups in total.